The molecule has 2 rings (SSSR count). The molecule has 1 aromatic rings. The van der Waals surface area contributed by atoms with Crippen molar-refractivity contribution in [1.29, 1.82) is 0 Å². The van der Waals surface area contributed by atoms with Crippen LogP contribution in [0, 0.1) is 12.3 Å². The van der Waals surface area contributed by atoms with E-state index in [2.05, 4.69) is 43.4 Å². The molecule has 1 aromatic carbocycles. The first kappa shape index (κ1) is 13.6. The van der Waals surface area contributed by atoms with Gasteiger partial charge in [-0.05, 0) is 49.3 Å². The standard InChI is InChI=1S/C16H25NO/c1-3-17-13-16(8-10-18-11-9-16)12-15-7-5-4-6-14(15)2/h4-7,17H,3,8-13H2,1-2H3. The van der Waals surface area contributed by atoms with E-state index in [1.165, 1.54) is 30.4 Å². The van der Waals surface area contributed by atoms with E-state index in [0.717, 1.165) is 26.3 Å². The van der Waals surface area contributed by atoms with Gasteiger partial charge >= 0.3 is 0 Å². The summed E-state index contributed by atoms with van der Waals surface area (Å²) in [6.45, 7) is 8.39. The Morgan fingerprint density at radius 1 is 1.22 bits per heavy atom. The van der Waals surface area contributed by atoms with Gasteiger partial charge in [0.1, 0.15) is 0 Å². The fourth-order valence-electron chi connectivity index (χ4n) is 2.82. The predicted octanol–water partition coefficient (Wildman–Crippen LogP) is 2.94. The van der Waals surface area contributed by atoms with E-state index < -0.39 is 0 Å². The van der Waals surface area contributed by atoms with Gasteiger partial charge in [0.2, 0.25) is 0 Å². The summed E-state index contributed by atoms with van der Waals surface area (Å²) >= 11 is 0. The quantitative estimate of drug-likeness (QED) is 0.864. The van der Waals surface area contributed by atoms with Gasteiger partial charge in [0.05, 0.1) is 0 Å². The van der Waals surface area contributed by atoms with Crippen LogP contribution in [0.4, 0.5) is 0 Å². The maximum atomic E-state index is 5.54. The fraction of sp³-hybridized carbons (Fsp3) is 0.625. The normalized spacial score (nSPS) is 18.8. The molecule has 18 heavy (non-hydrogen) atoms. The minimum Gasteiger partial charge on any atom is -0.381 e. The molecule has 0 unspecified atom stereocenters. The molecule has 1 aliphatic heterocycles. The largest absolute Gasteiger partial charge is 0.381 e. The zero-order valence-electron chi connectivity index (χ0n) is 11.7. The van der Waals surface area contributed by atoms with Crippen LogP contribution in [0.1, 0.15) is 30.9 Å². The van der Waals surface area contributed by atoms with E-state index in [-0.39, 0.29) is 0 Å². The number of nitrogens with one attached hydrogen (secondary N) is 1. The Labute approximate surface area is 111 Å². The topological polar surface area (TPSA) is 21.3 Å². The molecule has 1 N–H and O–H groups in total. The molecule has 0 amide bonds. The van der Waals surface area contributed by atoms with Crippen molar-refractivity contribution in [2.75, 3.05) is 26.3 Å². The third-order valence-corrected chi connectivity index (χ3v) is 4.13. The predicted molar refractivity (Wildman–Crippen MR) is 75.9 cm³/mol. The number of hydrogen-bond donors (Lipinski definition) is 1. The van der Waals surface area contributed by atoms with E-state index in [1.807, 2.05) is 0 Å². The summed E-state index contributed by atoms with van der Waals surface area (Å²) in [5.41, 5.74) is 3.30. The van der Waals surface area contributed by atoms with E-state index in [0.29, 0.717) is 5.41 Å². The van der Waals surface area contributed by atoms with Crippen molar-refractivity contribution in [1.82, 2.24) is 5.32 Å². The summed E-state index contributed by atoms with van der Waals surface area (Å²) in [6, 6.07) is 8.77. The number of ether oxygens (including phenoxy) is 1. The third kappa shape index (κ3) is 3.33. The van der Waals surface area contributed by atoms with Crippen molar-refractivity contribution < 1.29 is 4.74 Å². The van der Waals surface area contributed by atoms with Crippen molar-refractivity contribution in [3.05, 3.63) is 35.4 Å². The molecular formula is C16H25NO. The van der Waals surface area contributed by atoms with Crippen LogP contribution in [0.15, 0.2) is 24.3 Å². The zero-order valence-corrected chi connectivity index (χ0v) is 11.7. The molecule has 2 nitrogen and oxygen atoms in total. The molecule has 1 heterocycles. The lowest BCUT2D eigenvalue weighted by Gasteiger charge is -2.38. The Balaban J connectivity index is 2.11. The summed E-state index contributed by atoms with van der Waals surface area (Å²) in [5, 5.41) is 3.54. The van der Waals surface area contributed by atoms with Gasteiger partial charge in [0.25, 0.3) is 0 Å². The van der Waals surface area contributed by atoms with Crippen molar-refractivity contribution in [2.24, 2.45) is 5.41 Å². The van der Waals surface area contributed by atoms with Crippen molar-refractivity contribution in [3.8, 4) is 0 Å². The molecule has 1 saturated heterocycles. The highest BCUT2D eigenvalue weighted by atomic mass is 16.5. The highest BCUT2D eigenvalue weighted by molar-refractivity contribution is 5.27. The van der Waals surface area contributed by atoms with E-state index in [1.54, 1.807) is 0 Å². The van der Waals surface area contributed by atoms with E-state index in [9.17, 15) is 0 Å². The molecule has 0 aromatic heterocycles. The Hall–Kier alpha value is -0.860. The lowest BCUT2D eigenvalue weighted by Crippen LogP contribution is -2.41. The van der Waals surface area contributed by atoms with Crippen molar-refractivity contribution in [3.63, 3.8) is 0 Å². The maximum absolute atomic E-state index is 5.54. The number of aryl methyl sites for hydroxylation is 1. The highest BCUT2D eigenvalue weighted by Gasteiger charge is 2.32. The molecule has 1 fully saturated rings. The smallest absolute Gasteiger partial charge is 0.0471 e. The molecular weight excluding hydrogens is 222 g/mol. The number of hydrogen-bond acceptors (Lipinski definition) is 2. The SMILES string of the molecule is CCNCC1(Cc2ccccc2C)CCOCC1. The van der Waals surface area contributed by atoms with Gasteiger partial charge in [-0.2, -0.15) is 0 Å². The molecule has 0 radical (unpaired) electrons. The summed E-state index contributed by atoms with van der Waals surface area (Å²) in [6.07, 6.45) is 3.53. The Morgan fingerprint density at radius 3 is 2.61 bits per heavy atom. The Bertz CT molecular complexity index is 369. The van der Waals surface area contributed by atoms with Gasteiger partial charge in [0.15, 0.2) is 0 Å². The van der Waals surface area contributed by atoms with Crippen LogP contribution >= 0.6 is 0 Å². The molecule has 2 heteroatoms. The summed E-state index contributed by atoms with van der Waals surface area (Å²) < 4.78 is 5.54. The molecule has 0 spiro atoms. The summed E-state index contributed by atoms with van der Waals surface area (Å²) in [7, 11) is 0. The first-order valence-corrected chi connectivity index (χ1v) is 7.09. The van der Waals surface area contributed by atoms with Crippen LogP contribution in [-0.4, -0.2) is 26.3 Å². The highest BCUT2D eigenvalue weighted by Crippen LogP contribution is 2.34. The number of rotatable bonds is 5. The second-order valence-electron chi connectivity index (χ2n) is 5.50. The minimum absolute atomic E-state index is 0.389. The number of benzene rings is 1. The average molecular weight is 247 g/mol. The summed E-state index contributed by atoms with van der Waals surface area (Å²) in [5.74, 6) is 0. The first-order chi connectivity index (χ1) is 8.76. The Morgan fingerprint density at radius 2 is 1.94 bits per heavy atom. The van der Waals surface area contributed by atoms with Crippen LogP contribution in [0.5, 0.6) is 0 Å². The maximum Gasteiger partial charge on any atom is 0.0471 e. The van der Waals surface area contributed by atoms with Crippen LogP contribution in [0.2, 0.25) is 0 Å². The lowest BCUT2D eigenvalue weighted by molar-refractivity contribution is 0.0151. The molecule has 1 aliphatic rings. The van der Waals surface area contributed by atoms with Crippen LogP contribution in [0.3, 0.4) is 0 Å². The van der Waals surface area contributed by atoms with Crippen molar-refractivity contribution in [2.45, 2.75) is 33.1 Å². The van der Waals surface area contributed by atoms with Gasteiger partial charge in [-0.3, -0.25) is 0 Å². The third-order valence-electron chi connectivity index (χ3n) is 4.13. The first-order valence-electron chi connectivity index (χ1n) is 7.09. The van der Waals surface area contributed by atoms with Crippen molar-refractivity contribution >= 4 is 0 Å². The average Bonchev–Trinajstić information content (AvgIpc) is 2.40. The second-order valence-corrected chi connectivity index (χ2v) is 5.50. The second kappa shape index (κ2) is 6.35. The van der Waals surface area contributed by atoms with E-state index >= 15 is 0 Å². The molecule has 0 atom stereocenters. The zero-order chi connectivity index (χ0) is 12.8. The fourth-order valence-corrected chi connectivity index (χ4v) is 2.82. The van der Waals surface area contributed by atoms with Crippen LogP contribution in [-0.2, 0) is 11.2 Å². The van der Waals surface area contributed by atoms with Gasteiger partial charge < -0.3 is 10.1 Å². The minimum atomic E-state index is 0.389. The monoisotopic (exact) mass is 247 g/mol. The van der Waals surface area contributed by atoms with Crippen LogP contribution in [0.25, 0.3) is 0 Å². The molecule has 0 saturated carbocycles. The van der Waals surface area contributed by atoms with Gasteiger partial charge in [0, 0.05) is 19.8 Å². The van der Waals surface area contributed by atoms with Crippen LogP contribution < -0.4 is 5.32 Å². The molecule has 100 valence electrons. The molecule has 0 aliphatic carbocycles. The lowest BCUT2D eigenvalue weighted by atomic mass is 9.74. The molecule has 0 bridgehead atoms. The van der Waals surface area contributed by atoms with Gasteiger partial charge in [-0.25, -0.2) is 0 Å². The van der Waals surface area contributed by atoms with Gasteiger partial charge in [-0.1, -0.05) is 31.2 Å². The Kier molecular flexibility index (Phi) is 4.79. The van der Waals surface area contributed by atoms with E-state index in [4.69, 9.17) is 4.74 Å². The summed E-state index contributed by atoms with van der Waals surface area (Å²) in [4.78, 5) is 0. The van der Waals surface area contributed by atoms with Gasteiger partial charge in [-0.15, -0.1) is 0 Å².